The highest BCUT2D eigenvalue weighted by atomic mass is 16.6. The fourth-order valence-electron chi connectivity index (χ4n) is 1.08. The Morgan fingerprint density at radius 3 is 1.91 bits per heavy atom. The molecule has 11 heavy (non-hydrogen) atoms. The largest absolute Gasteiger partial charge is 0.391 e. The third-order valence-electron chi connectivity index (χ3n) is 1.75. The van der Waals surface area contributed by atoms with Gasteiger partial charge in [0.05, 0.1) is 6.10 Å². The SMILES string of the molecule is C[C@H](O)[C@@H]1O[C@@H](O)[C@H](O)[C@H]1O. The quantitative estimate of drug-likeness (QED) is 0.353. The predicted molar refractivity (Wildman–Crippen MR) is 34.6 cm³/mol. The van der Waals surface area contributed by atoms with Gasteiger partial charge in [0.25, 0.3) is 0 Å². The van der Waals surface area contributed by atoms with Gasteiger partial charge in [-0.05, 0) is 6.92 Å². The zero-order valence-electron chi connectivity index (χ0n) is 6.08. The summed E-state index contributed by atoms with van der Waals surface area (Å²) < 4.78 is 4.65. The van der Waals surface area contributed by atoms with Crippen LogP contribution in [0.3, 0.4) is 0 Å². The van der Waals surface area contributed by atoms with Gasteiger partial charge in [-0.2, -0.15) is 0 Å². The van der Waals surface area contributed by atoms with Crippen LogP contribution in [0.4, 0.5) is 0 Å². The van der Waals surface area contributed by atoms with Crippen molar-refractivity contribution in [1.29, 1.82) is 0 Å². The number of hydrogen-bond donors (Lipinski definition) is 4. The maximum atomic E-state index is 9.10. The van der Waals surface area contributed by atoms with Gasteiger partial charge >= 0.3 is 0 Å². The number of ether oxygens (including phenoxy) is 1. The van der Waals surface area contributed by atoms with Crippen molar-refractivity contribution in [3.63, 3.8) is 0 Å². The van der Waals surface area contributed by atoms with Gasteiger partial charge in [-0.25, -0.2) is 0 Å². The fraction of sp³-hybridized carbons (Fsp3) is 1.00. The molecule has 4 N–H and O–H groups in total. The van der Waals surface area contributed by atoms with Crippen molar-refractivity contribution in [3.8, 4) is 0 Å². The lowest BCUT2D eigenvalue weighted by molar-refractivity contribution is -0.143. The first-order valence-corrected chi connectivity index (χ1v) is 3.41. The van der Waals surface area contributed by atoms with Crippen LogP contribution in [0.1, 0.15) is 6.92 Å². The van der Waals surface area contributed by atoms with E-state index in [2.05, 4.69) is 4.74 Å². The number of aliphatic hydroxyl groups is 4. The number of hydrogen-bond acceptors (Lipinski definition) is 5. The zero-order chi connectivity index (χ0) is 8.59. The summed E-state index contributed by atoms with van der Waals surface area (Å²) in [6, 6.07) is 0. The third-order valence-corrected chi connectivity index (χ3v) is 1.75. The molecule has 0 aromatic rings. The highest BCUT2D eigenvalue weighted by molar-refractivity contribution is 4.88. The molecule has 0 aliphatic carbocycles. The summed E-state index contributed by atoms with van der Waals surface area (Å²) in [7, 11) is 0. The summed E-state index contributed by atoms with van der Waals surface area (Å²) in [5, 5.41) is 35.8. The van der Waals surface area contributed by atoms with Crippen molar-refractivity contribution in [2.75, 3.05) is 0 Å². The number of aliphatic hydroxyl groups excluding tert-OH is 4. The molecule has 0 radical (unpaired) electrons. The molecule has 0 aromatic carbocycles. The molecule has 5 heteroatoms. The molecule has 66 valence electrons. The summed E-state index contributed by atoms with van der Waals surface area (Å²) in [4.78, 5) is 0. The van der Waals surface area contributed by atoms with E-state index in [-0.39, 0.29) is 0 Å². The number of rotatable bonds is 1. The molecule has 1 heterocycles. The van der Waals surface area contributed by atoms with Crippen LogP contribution in [0, 0.1) is 0 Å². The van der Waals surface area contributed by atoms with E-state index < -0.39 is 30.7 Å². The average molecular weight is 164 g/mol. The third kappa shape index (κ3) is 1.52. The van der Waals surface area contributed by atoms with Crippen LogP contribution in [0.5, 0.6) is 0 Å². The molecular weight excluding hydrogens is 152 g/mol. The lowest BCUT2D eigenvalue weighted by Gasteiger charge is -2.16. The Hall–Kier alpha value is -0.200. The second-order valence-corrected chi connectivity index (χ2v) is 2.71. The summed E-state index contributed by atoms with van der Waals surface area (Å²) >= 11 is 0. The molecule has 1 saturated heterocycles. The summed E-state index contributed by atoms with van der Waals surface area (Å²) in [6.07, 6.45) is -5.75. The van der Waals surface area contributed by atoms with Gasteiger partial charge in [-0.15, -0.1) is 0 Å². The second kappa shape index (κ2) is 3.04. The van der Waals surface area contributed by atoms with Gasteiger partial charge in [0, 0.05) is 0 Å². The summed E-state index contributed by atoms with van der Waals surface area (Å²) in [6.45, 7) is 1.42. The lowest BCUT2D eigenvalue weighted by atomic mass is 10.1. The Morgan fingerprint density at radius 1 is 1.18 bits per heavy atom. The highest BCUT2D eigenvalue weighted by Crippen LogP contribution is 2.21. The Bertz CT molecular complexity index is 137. The van der Waals surface area contributed by atoms with E-state index in [0.717, 1.165) is 0 Å². The van der Waals surface area contributed by atoms with Crippen molar-refractivity contribution < 1.29 is 25.2 Å². The van der Waals surface area contributed by atoms with Crippen LogP contribution in [-0.4, -0.2) is 51.1 Å². The van der Waals surface area contributed by atoms with Gasteiger partial charge in [0.1, 0.15) is 18.3 Å². The van der Waals surface area contributed by atoms with E-state index in [1.54, 1.807) is 0 Å². The topological polar surface area (TPSA) is 90.2 Å². The van der Waals surface area contributed by atoms with Gasteiger partial charge in [0.2, 0.25) is 0 Å². The van der Waals surface area contributed by atoms with E-state index >= 15 is 0 Å². The standard InChI is InChI=1S/C6H12O5/c1-2(7)5-3(8)4(9)6(10)11-5/h2-10H,1H3/t2-,3+,4+,5-,6+/m0/s1. The molecule has 0 amide bonds. The molecule has 1 aliphatic rings. The molecule has 0 unspecified atom stereocenters. The molecule has 5 atom stereocenters. The molecule has 1 rings (SSSR count). The molecule has 0 aromatic heterocycles. The highest BCUT2D eigenvalue weighted by Gasteiger charge is 2.43. The first-order chi connectivity index (χ1) is 5.04. The Kier molecular flexibility index (Phi) is 2.46. The van der Waals surface area contributed by atoms with E-state index in [9.17, 15) is 0 Å². The van der Waals surface area contributed by atoms with Crippen LogP contribution in [-0.2, 0) is 4.74 Å². The van der Waals surface area contributed by atoms with E-state index in [1.165, 1.54) is 6.92 Å². The smallest absolute Gasteiger partial charge is 0.184 e. The fourth-order valence-corrected chi connectivity index (χ4v) is 1.08. The second-order valence-electron chi connectivity index (χ2n) is 2.71. The monoisotopic (exact) mass is 164 g/mol. The molecule has 0 saturated carbocycles. The minimum atomic E-state index is -1.40. The Labute approximate surface area is 63.8 Å². The van der Waals surface area contributed by atoms with Crippen LogP contribution < -0.4 is 0 Å². The summed E-state index contributed by atoms with van der Waals surface area (Å²) in [5.74, 6) is 0. The van der Waals surface area contributed by atoms with Crippen LogP contribution in [0.15, 0.2) is 0 Å². The molecule has 5 nitrogen and oxygen atoms in total. The van der Waals surface area contributed by atoms with Crippen LogP contribution in [0.25, 0.3) is 0 Å². The molecule has 1 aliphatic heterocycles. The minimum absolute atomic E-state index is 0.903. The van der Waals surface area contributed by atoms with Crippen molar-refractivity contribution in [2.45, 2.75) is 37.6 Å². The normalized spacial score (nSPS) is 47.7. The van der Waals surface area contributed by atoms with Crippen molar-refractivity contribution in [1.82, 2.24) is 0 Å². The maximum absolute atomic E-state index is 9.10. The van der Waals surface area contributed by atoms with Crippen LogP contribution in [0.2, 0.25) is 0 Å². The molecule has 0 spiro atoms. The minimum Gasteiger partial charge on any atom is -0.391 e. The van der Waals surface area contributed by atoms with Crippen molar-refractivity contribution >= 4 is 0 Å². The molecule has 0 bridgehead atoms. The maximum Gasteiger partial charge on any atom is 0.184 e. The first-order valence-electron chi connectivity index (χ1n) is 3.41. The predicted octanol–water partition coefficient (Wildman–Crippen LogP) is -2.19. The lowest BCUT2D eigenvalue weighted by Crippen LogP contribution is -2.37. The van der Waals surface area contributed by atoms with Crippen molar-refractivity contribution in [3.05, 3.63) is 0 Å². The van der Waals surface area contributed by atoms with E-state index in [1.807, 2.05) is 0 Å². The summed E-state index contributed by atoms with van der Waals surface area (Å²) in [5.41, 5.74) is 0. The average Bonchev–Trinajstić information content (AvgIpc) is 2.17. The molecule has 1 fully saturated rings. The Balaban J connectivity index is 2.59. The van der Waals surface area contributed by atoms with E-state index in [0.29, 0.717) is 0 Å². The molecular formula is C6H12O5. The van der Waals surface area contributed by atoms with E-state index in [4.69, 9.17) is 20.4 Å². The van der Waals surface area contributed by atoms with Gasteiger partial charge in [0.15, 0.2) is 6.29 Å². The van der Waals surface area contributed by atoms with Crippen molar-refractivity contribution in [2.24, 2.45) is 0 Å². The first kappa shape index (κ1) is 8.89. The van der Waals surface area contributed by atoms with Gasteiger partial charge < -0.3 is 25.2 Å². The zero-order valence-corrected chi connectivity index (χ0v) is 6.08. The van der Waals surface area contributed by atoms with Crippen LogP contribution >= 0.6 is 0 Å². The van der Waals surface area contributed by atoms with Gasteiger partial charge in [-0.1, -0.05) is 0 Å². The Morgan fingerprint density at radius 2 is 1.73 bits per heavy atom. The van der Waals surface area contributed by atoms with Gasteiger partial charge in [-0.3, -0.25) is 0 Å².